The quantitative estimate of drug-likeness (QED) is 0.580. The van der Waals surface area contributed by atoms with E-state index in [-0.39, 0.29) is 6.04 Å². The smallest absolute Gasteiger partial charge is 0.151 e. The van der Waals surface area contributed by atoms with Crippen LogP contribution >= 0.6 is 0 Å². The fourth-order valence-corrected chi connectivity index (χ4v) is 4.33. The number of nitrogens with zero attached hydrogens (tertiary/aromatic N) is 3. The number of anilines is 1. The van der Waals surface area contributed by atoms with Crippen molar-refractivity contribution in [3.8, 4) is 0 Å². The molecule has 0 radical (unpaired) electrons. The van der Waals surface area contributed by atoms with Crippen LogP contribution in [0.4, 0.5) is 5.69 Å². The van der Waals surface area contributed by atoms with Gasteiger partial charge in [-0.25, -0.2) is 0 Å². The molecule has 31 heavy (non-hydrogen) atoms. The van der Waals surface area contributed by atoms with Gasteiger partial charge in [0.15, 0.2) is 11.5 Å². The maximum Gasteiger partial charge on any atom is 0.151 e. The fourth-order valence-electron chi connectivity index (χ4n) is 4.33. The normalized spacial score (nSPS) is 20.5. The first kappa shape index (κ1) is 19.8. The highest BCUT2D eigenvalue weighted by atomic mass is 15.3. The number of nitrogens with one attached hydrogen (secondary N) is 3. The highest BCUT2D eigenvalue weighted by Gasteiger charge is 2.25. The predicted octanol–water partition coefficient (Wildman–Crippen LogP) is 2.86. The molecule has 0 spiro atoms. The van der Waals surface area contributed by atoms with Gasteiger partial charge in [0.1, 0.15) is 0 Å². The molecule has 3 heterocycles. The predicted molar refractivity (Wildman–Crippen MR) is 126 cm³/mol. The van der Waals surface area contributed by atoms with Crippen LogP contribution in [0.3, 0.4) is 0 Å². The number of hydrogen-bond acceptors (Lipinski definition) is 5. The minimum Gasteiger partial charge on any atom is -0.380 e. The summed E-state index contributed by atoms with van der Waals surface area (Å²) in [5.74, 6) is 0.924. The standard InChI is InChI=1S/C25H30N6/c1-3-7-19(8-4-1)12-14-31-18-23-24(30-31)25(28-21-11-13-26-16-21)29-22(17-27-23)15-20-9-5-2-6-10-20/h1-10,18,21-22,26-27H,11-17H2,(H,28,29)/t21?,22-/m1/s1. The van der Waals surface area contributed by atoms with Gasteiger partial charge in [-0.2, -0.15) is 5.10 Å². The average Bonchev–Trinajstić information content (AvgIpc) is 3.44. The van der Waals surface area contributed by atoms with Crippen molar-refractivity contribution in [2.45, 2.75) is 37.9 Å². The van der Waals surface area contributed by atoms with Crippen molar-refractivity contribution in [1.29, 1.82) is 0 Å². The highest BCUT2D eigenvalue weighted by molar-refractivity contribution is 6.02. The molecule has 3 N–H and O–H groups in total. The molecule has 6 heteroatoms. The molecule has 5 rings (SSSR count). The van der Waals surface area contributed by atoms with E-state index in [1.807, 2.05) is 4.68 Å². The summed E-state index contributed by atoms with van der Waals surface area (Å²) in [5, 5.41) is 15.7. The van der Waals surface area contributed by atoms with E-state index in [9.17, 15) is 0 Å². The van der Waals surface area contributed by atoms with Gasteiger partial charge in [0.05, 0.1) is 11.7 Å². The molecule has 0 aliphatic carbocycles. The van der Waals surface area contributed by atoms with Gasteiger partial charge in [0.2, 0.25) is 0 Å². The zero-order valence-corrected chi connectivity index (χ0v) is 17.8. The van der Waals surface area contributed by atoms with E-state index in [2.05, 4.69) is 82.8 Å². The van der Waals surface area contributed by atoms with Crippen LogP contribution in [0.1, 0.15) is 23.2 Å². The third kappa shape index (κ3) is 4.97. The summed E-state index contributed by atoms with van der Waals surface area (Å²) < 4.78 is 2.05. The molecule has 1 unspecified atom stereocenters. The van der Waals surface area contributed by atoms with Gasteiger partial charge in [0.25, 0.3) is 0 Å². The van der Waals surface area contributed by atoms with Crippen LogP contribution in [0.25, 0.3) is 0 Å². The highest BCUT2D eigenvalue weighted by Crippen LogP contribution is 2.21. The summed E-state index contributed by atoms with van der Waals surface area (Å²) >= 11 is 0. The number of aryl methyl sites for hydroxylation is 2. The zero-order valence-electron chi connectivity index (χ0n) is 17.8. The lowest BCUT2D eigenvalue weighted by molar-refractivity contribution is 0.607. The average molecular weight is 415 g/mol. The first-order valence-electron chi connectivity index (χ1n) is 11.3. The van der Waals surface area contributed by atoms with Gasteiger partial charge < -0.3 is 16.0 Å². The Labute approximate surface area is 183 Å². The molecule has 2 aliphatic rings. The van der Waals surface area contributed by atoms with Gasteiger partial charge in [0, 0.05) is 31.9 Å². The van der Waals surface area contributed by atoms with E-state index in [1.54, 1.807) is 0 Å². The molecule has 160 valence electrons. The number of aromatic nitrogens is 2. The van der Waals surface area contributed by atoms with Crippen LogP contribution in [-0.4, -0.2) is 47.3 Å². The molecule has 0 bridgehead atoms. The molecule has 2 atom stereocenters. The SMILES string of the molecule is c1ccc(CCn2cc3c(n2)C(NC2CCNC2)=N[C@H](Cc2ccccc2)CN3)cc1. The summed E-state index contributed by atoms with van der Waals surface area (Å²) in [4.78, 5) is 5.15. The number of hydrogen-bond donors (Lipinski definition) is 3. The van der Waals surface area contributed by atoms with Crippen LogP contribution in [0.15, 0.2) is 71.9 Å². The van der Waals surface area contributed by atoms with E-state index in [0.717, 1.165) is 62.7 Å². The van der Waals surface area contributed by atoms with Crippen LogP contribution < -0.4 is 16.0 Å². The van der Waals surface area contributed by atoms with E-state index in [1.165, 1.54) is 11.1 Å². The van der Waals surface area contributed by atoms with E-state index < -0.39 is 0 Å². The van der Waals surface area contributed by atoms with Crippen LogP contribution in [0.2, 0.25) is 0 Å². The lowest BCUT2D eigenvalue weighted by Gasteiger charge is -2.16. The molecule has 1 saturated heterocycles. The summed E-state index contributed by atoms with van der Waals surface area (Å²) in [6, 6.07) is 21.8. The topological polar surface area (TPSA) is 66.3 Å². The first-order chi connectivity index (χ1) is 15.3. The summed E-state index contributed by atoms with van der Waals surface area (Å²) in [6.45, 7) is 3.68. The Hall–Kier alpha value is -3.12. The van der Waals surface area contributed by atoms with Crippen molar-refractivity contribution in [3.63, 3.8) is 0 Å². The van der Waals surface area contributed by atoms with Crippen molar-refractivity contribution < 1.29 is 0 Å². The minimum absolute atomic E-state index is 0.172. The Bertz CT molecular complexity index is 1010. The fraction of sp³-hybridized carbons (Fsp3) is 0.360. The van der Waals surface area contributed by atoms with Crippen LogP contribution in [0.5, 0.6) is 0 Å². The second-order valence-electron chi connectivity index (χ2n) is 8.43. The maximum absolute atomic E-state index is 5.15. The van der Waals surface area contributed by atoms with Crippen LogP contribution in [0, 0.1) is 0 Å². The van der Waals surface area contributed by atoms with Gasteiger partial charge in [-0.05, 0) is 36.9 Å². The molecule has 0 amide bonds. The lowest BCUT2D eigenvalue weighted by Crippen LogP contribution is -2.38. The van der Waals surface area contributed by atoms with Crippen molar-refractivity contribution in [3.05, 3.63) is 83.7 Å². The molecular weight excluding hydrogens is 384 g/mol. The summed E-state index contributed by atoms with van der Waals surface area (Å²) in [7, 11) is 0. The molecule has 0 saturated carbocycles. The molecule has 1 fully saturated rings. The molecule has 1 aromatic heterocycles. The maximum atomic E-state index is 5.15. The first-order valence-corrected chi connectivity index (χ1v) is 11.3. The Morgan fingerprint density at radius 2 is 1.74 bits per heavy atom. The molecule has 3 aromatic rings. The molecule has 2 aliphatic heterocycles. The number of rotatable bonds is 6. The van der Waals surface area contributed by atoms with E-state index >= 15 is 0 Å². The van der Waals surface area contributed by atoms with Crippen molar-refractivity contribution in [2.75, 3.05) is 25.0 Å². The molecule has 2 aromatic carbocycles. The Morgan fingerprint density at radius 3 is 2.48 bits per heavy atom. The number of fused-ring (bicyclic) bond motifs is 1. The molecule has 6 nitrogen and oxygen atoms in total. The van der Waals surface area contributed by atoms with Crippen molar-refractivity contribution >= 4 is 11.5 Å². The Balaban J connectivity index is 1.37. The number of aliphatic imine (C=N–C) groups is 1. The third-order valence-electron chi connectivity index (χ3n) is 6.01. The largest absolute Gasteiger partial charge is 0.380 e. The second-order valence-corrected chi connectivity index (χ2v) is 8.43. The monoisotopic (exact) mass is 414 g/mol. The number of amidine groups is 1. The van der Waals surface area contributed by atoms with E-state index in [0.29, 0.717) is 6.04 Å². The molecular formula is C25H30N6. The summed E-state index contributed by atoms with van der Waals surface area (Å²) in [5.41, 5.74) is 4.65. The second kappa shape index (κ2) is 9.35. The van der Waals surface area contributed by atoms with Crippen molar-refractivity contribution in [1.82, 2.24) is 20.4 Å². The van der Waals surface area contributed by atoms with Crippen LogP contribution in [-0.2, 0) is 19.4 Å². The Kier molecular flexibility index (Phi) is 5.98. The lowest BCUT2D eigenvalue weighted by atomic mass is 10.1. The van der Waals surface area contributed by atoms with Gasteiger partial charge in [-0.15, -0.1) is 0 Å². The van der Waals surface area contributed by atoms with Gasteiger partial charge in [-0.3, -0.25) is 9.67 Å². The number of benzene rings is 2. The van der Waals surface area contributed by atoms with Crippen molar-refractivity contribution in [2.24, 2.45) is 4.99 Å². The summed E-state index contributed by atoms with van der Waals surface area (Å²) in [6.07, 6.45) is 5.12. The Morgan fingerprint density at radius 1 is 0.968 bits per heavy atom. The van der Waals surface area contributed by atoms with Gasteiger partial charge >= 0.3 is 0 Å². The third-order valence-corrected chi connectivity index (χ3v) is 6.01. The van der Waals surface area contributed by atoms with Gasteiger partial charge in [-0.1, -0.05) is 60.7 Å². The minimum atomic E-state index is 0.172. The zero-order chi connectivity index (χ0) is 20.9. The van der Waals surface area contributed by atoms with E-state index in [4.69, 9.17) is 10.1 Å².